The Bertz CT molecular complexity index is 860. The van der Waals surface area contributed by atoms with E-state index in [1.54, 1.807) is 19.0 Å². The molecule has 118 valence electrons. The Morgan fingerprint density at radius 1 is 1.13 bits per heavy atom. The average Bonchev–Trinajstić information content (AvgIpc) is 2.88. The molecule has 4 heteroatoms. The highest BCUT2D eigenvalue weighted by Gasteiger charge is 2.18. The van der Waals surface area contributed by atoms with E-state index in [9.17, 15) is 4.79 Å². The molecule has 23 heavy (non-hydrogen) atoms. The maximum Gasteiger partial charge on any atom is 0.228 e. The molecule has 0 aliphatic heterocycles. The quantitative estimate of drug-likeness (QED) is 0.745. The SMILES string of the molecule is Cc1ccc(-c2nc3c(C)cccn3c2CC(=O)N(C)C)cc1. The molecule has 0 atom stereocenters. The van der Waals surface area contributed by atoms with Crippen molar-refractivity contribution in [3.8, 4) is 11.3 Å². The third kappa shape index (κ3) is 2.84. The second-order valence-corrected chi connectivity index (χ2v) is 6.12. The van der Waals surface area contributed by atoms with Gasteiger partial charge in [-0.15, -0.1) is 0 Å². The predicted molar refractivity (Wildman–Crippen MR) is 92.5 cm³/mol. The highest BCUT2D eigenvalue weighted by atomic mass is 16.2. The predicted octanol–water partition coefficient (Wildman–Crippen LogP) is 3.25. The monoisotopic (exact) mass is 307 g/mol. The molecule has 0 saturated heterocycles. The van der Waals surface area contributed by atoms with Crippen LogP contribution in [0, 0.1) is 13.8 Å². The molecule has 0 bridgehead atoms. The van der Waals surface area contributed by atoms with Gasteiger partial charge in [-0.05, 0) is 25.5 Å². The molecule has 0 saturated carbocycles. The number of amides is 1. The van der Waals surface area contributed by atoms with Crippen LogP contribution in [0.15, 0.2) is 42.6 Å². The Balaban J connectivity index is 2.21. The van der Waals surface area contributed by atoms with Crippen LogP contribution < -0.4 is 0 Å². The van der Waals surface area contributed by atoms with E-state index in [0.717, 1.165) is 28.2 Å². The Morgan fingerprint density at radius 2 is 1.83 bits per heavy atom. The minimum atomic E-state index is 0.0710. The highest BCUT2D eigenvalue weighted by Crippen LogP contribution is 2.26. The molecule has 0 aliphatic carbocycles. The van der Waals surface area contributed by atoms with E-state index in [2.05, 4.69) is 31.2 Å². The first kappa shape index (κ1) is 15.3. The number of carbonyl (C=O) groups is 1. The van der Waals surface area contributed by atoms with E-state index < -0.39 is 0 Å². The van der Waals surface area contributed by atoms with Gasteiger partial charge in [-0.25, -0.2) is 4.98 Å². The molecule has 0 fully saturated rings. The summed E-state index contributed by atoms with van der Waals surface area (Å²) in [5.74, 6) is 0.0710. The fraction of sp³-hybridized carbons (Fsp3) is 0.263. The molecule has 3 aromatic rings. The molecule has 1 aromatic carbocycles. The molecular weight excluding hydrogens is 286 g/mol. The number of nitrogens with zero attached hydrogens (tertiary/aromatic N) is 3. The van der Waals surface area contributed by atoms with Crippen molar-refractivity contribution in [3.63, 3.8) is 0 Å². The van der Waals surface area contributed by atoms with Gasteiger partial charge in [-0.3, -0.25) is 4.79 Å². The first-order valence-electron chi connectivity index (χ1n) is 7.71. The standard InChI is InChI=1S/C19H21N3O/c1-13-7-9-15(10-8-13)18-16(12-17(23)21(3)4)22-11-5-6-14(2)19(22)20-18/h5-11H,12H2,1-4H3. The first-order valence-corrected chi connectivity index (χ1v) is 7.71. The number of hydrogen-bond donors (Lipinski definition) is 0. The molecule has 0 radical (unpaired) electrons. The summed E-state index contributed by atoms with van der Waals surface area (Å²) in [6.45, 7) is 4.10. The van der Waals surface area contributed by atoms with Gasteiger partial charge in [0.25, 0.3) is 0 Å². The number of aryl methyl sites for hydroxylation is 2. The minimum absolute atomic E-state index is 0.0710. The molecule has 4 nitrogen and oxygen atoms in total. The highest BCUT2D eigenvalue weighted by molar-refractivity contribution is 5.81. The van der Waals surface area contributed by atoms with Gasteiger partial charge in [0.1, 0.15) is 5.65 Å². The number of carbonyl (C=O) groups excluding carboxylic acids is 1. The van der Waals surface area contributed by atoms with Crippen LogP contribution in [0.3, 0.4) is 0 Å². The lowest BCUT2D eigenvalue weighted by molar-refractivity contribution is -0.128. The number of benzene rings is 1. The Labute approximate surface area is 136 Å². The van der Waals surface area contributed by atoms with Gasteiger partial charge in [-0.1, -0.05) is 35.9 Å². The van der Waals surface area contributed by atoms with Crippen molar-refractivity contribution in [2.75, 3.05) is 14.1 Å². The van der Waals surface area contributed by atoms with Crippen LogP contribution in [-0.4, -0.2) is 34.3 Å². The molecule has 0 unspecified atom stereocenters. The summed E-state index contributed by atoms with van der Waals surface area (Å²) in [6.07, 6.45) is 2.31. The van der Waals surface area contributed by atoms with E-state index in [-0.39, 0.29) is 5.91 Å². The van der Waals surface area contributed by atoms with Crippen LogP contribution in [0.4, 0.5) is 0 Å². The van der Waals surface area contributed by atoms with E-state index in [0.29, 0.717) is 6.42 Å². The van der Waals surface area contributed by atoms with Gasteiger partial charge >= 0.3 is 0 Å². The molecule has 0 aliphatic rings. The summed E-state index contributed by atoms with van der Waals surface area (Å²) >= 11 is 0. The molecule has 3 rings (SSSR count). The van der Waals surface area contributed by atoms with Gasteiger partial charge in [0, 0.05) is 25.9 Å². The summed E-state index contributed by atoms with van der Waals surface area (Å²) in [5, 5.41) is 0. The lowest BCUT2D eigenvalue weighted by atomic mass is 10.1. The van der Waals surface area contributed by atoms with Crippen molar-refractivity contribution in [2.45, 2.75) is 20.3 Å². The van der Waals surface area contributed by atoms with Crippen LogP contribution in [-0.2, 0) is 11.2 Å². The number of imidazole rings is 1. The molecular formula is C19H21N3O. The summed E-state index contributed by atoms with van der Waals surface area (Å²) in [4.78, 5) is 18.7. The van der Waals surface area contributed by atoms with Crippen LogP contribution >= 0.6 is 0 Å². The van der Waals surface area contributed by atoms with Gasteiger partial charge in [0.05, 0.1) is 17.8 Å². The lowest BCUT2D eigenvalue weighted by Crippen LogP contribution is -2.24. The zero-order chi connectivity index (χ0) is 16.6. The topological polar surface area (TPSA) is 37.6 Å². The third-order valence-electron chi connectivity index (χ3n) is 4.09. The number of likely N-dealkylation sites (N-methyl/N-ethyl adjacent to an activating group) is 1. The Kier molecular flexibility index (Phi) is 3.90. The van der Waals surface area contributed by atoms with Crippen LogP contribution in [0.5, 0.6) is 0 Å². The van der Waals surface area contributed by atoms with E-state index in [4.69, 9.17) is 4.98 Å². The van der Waals surface area contributed by atoms with Crippen molar-refractivity contribution < 1.29 is 4.79 Å². The van der Waals surface area contributed by atoms with Crippen molar-refractivity contribution in [1.29, 1.82) is 0 Å². The second kappa shape index (κ2) is 5.88. The fourth-order valence-corrected chi connectivity index (χ4v) is 2.67. The number of pyridine rings is 1. The molecule has 1 amide bonds. The number of rotatable bonds is 3. The summed E-state index contributed by atoms with van der Waals surface area (Å²) < 4.78 is 2.03. The van der Waals surface area contributed by atoms with Gasteiger partial charge in [0.15, 0.2) is 0 Å². The zero-order valence-electron chi connectivity index (χ0n) is 14.0. The van der Waals surface area contributed by atoms with Crippen molar-refractivity contribution in [3.05, 3.63) is 59.4 Å². The Morgan fingerprint density at radius 3 is 2.48 bits per heavy atom. The van der Waals surface area contributed by atoms with Gasteiger partial charge in [-0.2, -0.15) is 0 Å². The van der Waals surface area contributed by atoms with E-state index in [1.165, 1.54) is 5.56 Å². The molecule has 0 spiro atoms. The first-order chi connectivity index (χ1) is 11.0. The molecule has 0 N–H and O–H groups in total. The fourth-order valence-electron chi connectivity index (χ4n) is 2.67. The maximum absolute atomic E-state index is 12.3. The van der Waals surface area contributed by atoms with E-state index >= 15 is 0 Å². The van der Waals surface area contributed by atoms with Crippen molar-refractivity contribution >= 4 is 11.6 Å². The van der Waals surface area contributed by atoms with Crippen LogP contribution in [0.25, 0.3) is 16.9 Å². The normalized spacial score (nSPS) is 11.0. The average molecular weight is 307 g/mol. The summed E-state index contributed by atoms with van der Waals surface area (Å²) in [6, 6.07) is 12.3. The van der Waals surface area contributed by atoms with Gasteiger partial charge in [0.2, 0.25) is 5.91 Å². The molecule has 2 aromatic heterocycles. The number of fused-ring (bicyclic) bond motifs is 1. The smallest absolute Gasteiger partial charge is 0.228 e. The maximum atomic E-state index is 12.3. The third-order valence-corrected chi connectivity index (χ3v) is 4.09. The van der Waals surface area contributed by atoms with Crippen molar-refractivity contribution in [2.24, 2.45) is 0 Å². The van der Waals surface area contributed by atoms with Crippen molar-refractivity contribution in [1.82, 2.24) is 14.3 Å². The summed E-state index contributed by atoms with van der Waals surface area (Å²) in [7, 11) is 3.56. The minimum Gasteiger partial charge on any atom is -0.348 e. The zero-order valence-corrected chi connectivity index (χ0v) is 14.0. The molecule has 2 heterocycles. The van der Waals surface area contributed by atoms with Crippen LogP contribution in [0.1, 0.15) is 16.8 Å². The largest absolute Gasteiger partial charge is 0.348 e. The van der Waals surface area contributed by atoms with Crippen LogP contribution in [0.2, 0.25) is 0 Å². The van der Waals surface area contributed by atoms with E-state index in [1.807, 2.05) is 29.7 Å². The van der Waals surface area contributed by atoms with Gasteiger partial charge < -0.3 is 9.30 Å². The lowest BCUT2D eigenvalue weighted by Gasteiger charge is -2.11. The summed E-state index contributed by atoms with van der Waals surface area (Å²) in [5.41, 5.74) is 6.08. The number of hydrogen-bond acceptors (Lipinski definition) is 2. The Hall–Kier alpha value is -2.62. The second-order valence-electron chi connectivity index (χ2n) is 6.12. The number of aromatic nitrogens is 2.